The number of nitrogens with zero attached hydrogens (tertiary/aromatic N) is 2. The van der Waals surface area contributed by atoms with Crippen LogP contribution in [-0.4, -0.2) is 17.4 Å². The zero-order valence-electron chi connectivity index (χ0n) is 18.5. The van der Waals surface area contributed by atoms with E-state index in [0.29, 0.717) is 33.7 Å². The monoisotopic (exact) mass is 539 g/mol. The fourth-order valence-corrected chi connectivity index (χ4v) is 3.63. The van der Waals surface area contributed by atoms with Crippen LogP contribution in [0.3, 0.4) is 0 Å². The van der Waals surface area contributed by atoms with E-state index in [1.54, 1.807) is 37.3 Å². The van der Waals surface area contributed by atoms with Gasteiger partial charge < -0.3 is 14.8 Å². The minimum Gasteiger partial charge on any atom is -0.490 e. The quantitative estimate of drug-likeness (QED) is 0.154. The van der Waals surface area contributed by atoms with Gasteiger partial charge in [0.1, 0.15) is 24.1 Å². The number of non-ortho nitro benzene ring substituents is 1. The standard InChI is InChI=1S/C25H19BrFN3O5/c1-2-34-23-13-17(10-18(14-28)25(31)29-22-9-4-3-8-21(22)27)12-20(26)24(23)35-15-16-6-5-7-19(11-16)30(32)33/h3-13H,2,15H2,1H3,(H,29,31). The van der Waals surface area contributed by atoms with Gasteiger partial charge in [-0.3, -0.25) is 14.9 Å². The van der Waals surface area contributed by atoms with Gasteiger partial charge in [-0.15, -0.1) is 0 Å². The van der Waals surface area contributed by atoms with Crippen LogP contribution in [-0.2, 0) is 11.4 Å². The SMILES string of the molecule is CCOc1cc(C=C(C#N)C(=O)Nc2ccccc2F)cc(Br)c1OCc1cccc([N+](=O)[O-])c1. The fourth-order valence-electron chi connectivity index (χ4n) is 3.06. The third-order valence-corrected chi connectivity index (χ3v) is 5.22. The van der Waals surface area contributed by atoms with Crippen molar-refractivity contribution in [2.45, 2.75) is 13.5 Å². The van der Waals surface area contributed by atoms with Crippen molar-refractivity contribution >= 4 is 39.3 Å². The van der Waals surface area contributed by atoms with Crippen LogP contribution in [0.1, 0.15) is 18.1 Å². The first kappa shape index (κ1) is 25.4. The van der Waals surface area contributed by atoms with Crippen molar-refractivity contribution in [3.63, 3.8) is 0 Å². The first-order valence-corrected chi connectivity index (χ1v) is 11.1. The summed E-state index contributed by atoms with van der Waals surface area (Å²) in [5.41, 5.74) is 0.721. The predicted molar refractivity (Wildman–Crippen MR) is 131 cm³/mol. The molecule has 35 heavy (non-hydrogen) atoms. The van der Waals surface area contributed by atoms with Gasteiger partial charge in [-0.1, -0.05) is 24.3 Å². The molecule has 8 nitrogen and oxygen atoms in total. The Labute approximate surface area is 208 Å². The van der Waals surface area contributed by atoms with Crippen molar-refractivity contribution in [1.82, 2.24) is 0 Å². The van der Waals surface area contributed by atoms with Gasteiger partial charge in [0, 0.05) is 12.1 Å². The number of halogens is 2. The van der Waals surface area contributed by atoms with Gasteiger partial charge in [-0.25, -0.2) is 4.39 Å². The number of benzene rings is 3. The lowest BCUT2D eigenvalue weighted by Gasteiger charge is -2.15. The molecule has 1 N–H and O–H groups in total. The van der Waals surface area contributed by atoms with Crippen LogP contribution >= 0.6 is 15.9 Å². The van der Waals surface area contributed by atoms with Gasteiger partial charge in [0.15, 0.2) is 11.5 Å². The van der Waals surface area contributed by atoms with Gasteiger partial charge in [0.2, 0.25) is 0 Å². The average molecular weight is 540 g/mol. The van der Waals surface area contributed by atoms with E-state index in [1.165, 1.54) is 36.4 Å². The Morgan fingerprint density at radius 3 is 2.66 bits per heavy atom. The van der Waals surface area contributed by atoms with E-state index in [2.05, 4.69) is 21.2 Å². The lowest BCUT2D eigenvalue weighted by atomic mass is 10.1. The first-order chi connectivity index (χ1) is 16.8. The maximum atomic E-state index is 13.8. The molecule has 0 saturated carbocycles. The van der Waals surface area contributed by atoms with Crippen LogP contribution in [0.15, 0.2) is 70.7 Å². The number of hydrogen-bond donors (Lipinski definition) is 1. The summed E-state index contributed by atoms with van der Waals surface area (Å²) in [5.74, 6) is -0.697. The summed E-state index contributed by atoms with van der Waals surface area (Å²) in [6.45, 7) is 2.14. The number of anilines is 1. The number of hydrogen-bond acceptors (Lipinski definition) is 6. The predicted octanol–water partition coefficient (Wildman–Crippen LogP) is 6.02. The zero-order chi connectivity index (χ0) is 25.4. The number of nitrogens with one attached hydrogen (secondary N) is 1. The van der Waals surface area contributed by atoms with Crippen molar-refractivity contribution in [3.8, 4) is 17.6 Å². The molecular formula is C25H19BrFN3O5. The highest BCUT2D eigenvalue weighted by Crippen LogP contribution is 2.38. The molecule has 3 aromatic rings. The molecule has 1 amide bonds. The highest BCUT2D eigenvalue weighted by Gasteiger charge is 2.16. The Morgan fingerprint density at radius 1 is 1.20 bits per heavy atom. The van der Waals surface area contributed by atoms with E-state index in [1.807, 2.05) is 6.07 Å². The summed E-state index contributed by atoms with van der Waals surface area (Å²) in [7, 11) is 0. The fraction of sp³-hybridized carbons (Fsp3) is 0.120. The van der Waals surface area contributed by atoms with Gasteiger partial charge in [-0.2, -0.15) is 5.26 Å². The van der Waals surface area contributed by atoms with Crippen molar-refractivity contribution in [3.05, 3.63) is 97.8 Å². The molecule has 0 spiro atoms. The number of nitro groups is 1. The van der Waals surface area contributed by atoms with E-state index >= 15 is 0 Å². The highest BCUT2D eigenvalue weighted by molar-refractivity contribution is 9.10. The molecule has 0 fully saturated rings. The topological polar surface area (TPSA) is 114 Å². The molecular weight excluding hydrogens is 521 g/mol. The second kappa shape index (κ2) is 11.8. The third kappa shape index (κ3) is 6.65. The molecule has 3 rings (SSSR count). The average Bonchev–Trinajstić information content (AvgIpc) is 2.83. The van der Waals surface area contributed by atoms with Gasteiger partial charge >= 0.3 is 0 Å². The van der Waals surface area contributed by atoms with Crippen molar-refractivity contribution in [1.29, 1.82) is 5.26 Å². The maximum Gasteiger partial charge on any atom is 0.269 e. The van der Waals surface area contributed by atoms with Crippen molar-refractivity contribution in [2.24, 2.45) is 0 Å². The van der Waals surface area contributed by atoms with Gasteiger partial charge in [0.25, 0.3) is 11.6 Å². The highest BCUT2D eigenvalue weighted by atomic mass is 79.9. The van der Waals surface area contributed by atoms with Crippen LogP contribution in [0.2, 0.25) is 0 Å². The van der Waals surface area contributed by atoms with Crippen LogP contribution in [0.25, 0.3) is 6.08 Å². The Bertz CT molecular complexity index is 1340. The van der Waals surface area contributed by atoms with Crippen LogP contribution in [0.5, 0.6) is 11.5 Å². The van der Waals surface area contributed by atoms with Crippen molar-refractivity contribution < 1.29 is 23.6 Å². The molecule has 0 heterocycles. The molecule has 0 aromatic heterocycles. The summed E-state index contributed by atoms with van der Waals surface area (Å²) in [6, 6.07) is 16.7. The van der Waals surface area contributed by atoms with E-state index in [4.69, 9.17) is 9.47 Å². The summed E-state index contributed by atoms with van der Waals surface area (Å²) < 4.78 is 25.9. The van der Waals surface area contributed by atoms with Gasteiger partial charge in [0.05, 0.1) is 21.7 Å². The second-order valence-corrected chi connectivity index (χ2v) is 7.94. The summed E-state index contributed by atoms with van der Waals surface area (Å²) in [6.07, 6.45) is 1.34. The Morgan fingerprint density at radius 2 is 1.97 bits per heavy atom. The second-order valence-electron chi connectivity index (χ2n) is 7.08. The van der Waals surface area contributed by atoms with Crippen LogP contribution < -0.4 is 14.8 Å². The molecule has 0 radical (unpaired) electrons. The number of ether oxygens (including phenoxy) is 2. The summed E-state index contributed by atoms with van der Waals surface area (Å²) in [4.78, 5) is 23.0. The molecule has 0 saturated heterocycles. The molecule has 0 aliphatic carbocycles. The largest absolute Gasteiger partial charge is 0.490 e. The van der Waals surface area contributed by atoms with E-state index in [9.17, 15) is 24.6 Å². The first-order valence-electron chi connectivity index (χ1n) is 10.3. The number of amides is 1. The molecule has 178 valence electrons. The number of para-hydroxylation sites is 1. The summed E-state index contributed by atoms with van der Waals surface area (Å²) >= 11 is 3.42. The molecule has 3 aromatic carbocycles. The minimum atomic E-state index is -0.766. The van der Waals surface area contributed by atoms with Crippen LogP contribution in [0, 0.1) is 27.3 Å². The maximum absolute atomic E-state index is 13.8. The van der Waals surface area contributed by atoms with E-state index in [0.717, 1.165) is 0 Å². The minimum absolute atomic E-state index is 0.0419. The van der Waals surface area contributed by atoms with Gasteiger partial charge in [-0.05, 0) is 64.3 Å². The normalized spacial score (nSPS) is 10.9. The Hall–Kier alpha value is -4.23. The summed E-state index contributed by atoms with van der Waals surface area (Å²) in [5, 5.41) is 22.9. The number of rotatable bonds is 9. The molecule has 10 heteroatoms. The molecule has 0 atom stereocenters. The molecule has 0 aliphatic rings. The van der Waals surface area contributed by atoms with Crippen molar-refractivity contribution in [2.75, 3.05) is 11.9 Å². The number of carbonyl (C=O) groups excluding carboxylic acids is 1. The smallest absolute Gasteiger partial charge is 0.269 e. The molecule has 0 aliphatic heterocycles. The number of nitro benzene ring substituents is 1. The van der Waals surface area contributed by atoms with E-state index in [-0.39, 0.29) is 23.6 Å². The number of nitriles is 1. The van der Waals surface area contributed by atoms with Crippen LogP contribution in [0.4, 0.5) is 15.8 Å². The molecule has 0 unspecified atom stereocenters. The Kier molecular flexibility index (Phi) is 8.53. The number of carbonyl (C=O) groups is 1. The zero-order valence-corrected chi connectivity index (χ0v) is 20.0. The Balaban J connectivity index is 1.86. The lowest BCUT2D eigenvalue weighted by molar-refractivity contribution is -0.384. The molecule has 0 bridgehead atoms. The van der Waals surface area contributed by atoms with E-state index < -0.39 is 16.6 Å². The lowest BCUT2D eigenvalue weighted by Crippen LogP contribution is -2.14. The third-order valence-electron chi connectivity index (χ3n) is 4.63.